The molecule has 3 aromatic heterocycles. The molecule has 0 N–H and O–H groups in total. The fourth-order valence-corrected chi connectivity index (χ4v) is 7.76. The van der Waals surface area contributed by atoms with Gasteiger partial charge in [0, 0.05) is 49.4 Å². The zero-order valence-corrected chi connectivity index (χ0v) is 29.4. The van der Waals surface area contributed by atoms with Crippen molar-refractivity contribution in [3.63, 3.8) is 0 Å². The van der Waals surface area contributed by atoms with Crippen LogP contribution >= 0.6 is 0 Å². The van der Waals surface area contributed by atoms with Gasteiger partial charge in [-0.3, -0.25) is 0 Å². The maximum Gasteiger partial charge on any atom is 0.0667 e. The highest BCUT2D eigenvalue weighted by Crippen LogP contribution is 2.42. The van der Waals surface area contributed by atoms with Gasteiger partial charge in [0.05, 0.1) is 61.9 Å². The lowest BCUT2D eigenvalue weighted by molar-refractivity contribution is 1.15. The highest BCUT2D eigenvalue weighted by atomic mass is 15.0. The molecule has 0 unspecified atom stereocenters. The molecule has 9 aromatic carbocycles. The molecule has 3 heterocycles. The fraction of sp³-hybridized carbons (Fsp3) is 0. The number of rotatable bonds is 5. The number of hydrogen-bond acceptors (Lipinski definition) is 0. The number of benzene rings is 9. The van der Waals surface area contributed by atoms with E-state index in [4.69, 9.17) is 11.0 Å². The first-order valence-electron chi connectivity index (χ1n) is 28.4. The van der Waals surface area contributed by atoms with Gasteiger partial charge in [0.2, 0.25) is 0 Å². The van der Waals surface area contributed by atoms with Gasteiger partial charge in [-0.15, -0.1) is 0 Å². The molecule has 3 nitrogen and oxygen atoms in total. The lowest BCUT2D eigenvalue weighted by atomic mass is 9.98. The van der Waals surface area contributed by atoms with Crippen LogP contribution in [-0.4, -0.2) is 13.7 Å². The van der Waals surface area contributed by atoms with E-state index in [1.165, 1.54) is 9.13 Å². The summed E-state index contributed by atoms with van der Waals surface area (Å²) in [4.78, 5) is 0. The second-order valence-corrected chi connectivity index (χ2v) is 13.3. The van der Waals surface area contributed by atoms with Crippen LogP contribution in [0.15, 0.2) is 212 Å². The third-order valence-electron chi connectivity index (χ3n) is 10.2. The summed E-state index contributed by atoms with van der Waals surface area (Å²) in [6.45, 7) is 0. The first kappa shape index (κ1) is 17.5. The van der Waals surface area contributed by atoms with Crippen molar-refractivity contribution in [1.82, 2.24) is 13.7 Å². The zero-order chi connectivity index (χ0) is 55.7. The number of para-hydroxylation sites is 4. The molecule has 12 rings (SSSR count). The van der Waals surface area contributed by atoms with E-state index in [2.05, 4.69) is 0 Å². The minimum absolute atomic E-state index is 0.141. The summed E-state index contributed by atoms with van der Waals surface area (Å²) in [5, 5.41) is -1.82. The van der Waals surface area contributed by atoms with Crippen molar-refractivity contribution in [2.45, 2.75) is 0 Å². The van der Waals surface area contributed by atoms with Gasteiger partial charge >= 0.3 is 0 Å². The van der Waals surface area contributed by atoms with Crippen LogP contribution in [0.1, 0.15) is 28.8 Å². The topological polar surface area (TPSA) is 14.8 Å². The molecule has 0 bridgehead atoms. The summed E-state index contributed by atoms with van der Waals surface area (Å²) < 4.78 is 199. The molecule has 266 valence electrons. The molecular formula is C54H35N3. The summed E-state index contributed by atoms with van der Waals surface area (Å²) >= 11 is 0. The van der Waals surface area contributed by atoms with Crippen LogP contribution in [0.2, 0.25) is 0 Å². The van der Waals surface area contributed by atoms with Crippen molar-refractivity contribution in [3.05, 3.63) is 212 Å². The molecular weight excluding hydrogens is 691 g/mol. The molecule has 0 saturated heterocycles. The molecule has 0 aliphatic rings. The van der Waals surface area contributed by atoms with Crippen molar-refractivity contribution < 1.29 is 28.8 Å². The third-order valence-corrected chi connectivity index (χ3v) is 10.2. The molecule has 0 spiro atoms. The van der Waals surface area contributed by atoms with E-state index >= 15 is 0 Å². The summed E-state index contributed by atoms with van der Waals surface area (Å²) in [7, 11) is 0. The molecule has 0 saturated carbocycles. The highest BCUT2D eigenvalue weighted by molar-refractivity contribution is 6.18. The first-order chi connectivity index (χ1) is 37.1. The molecule has 0 amide bonds. The molecule has 3 heteroatoms. The normalized spacial score (nSPS) is 17.0. The molecule has 0 fully saturated rings. The second kappa shape index (κ2) is 12.5. The average molecular weight is 747 g/mol. The van der Waals surface area contributed by atoms with Gasteiger partial charge in [0.15, 0.2) is 0 Å². The Morgan fingerprint density at radius 2 is 0.825 bits per heavy atom. The van der Waals surface area contributed by atoms with Crippen molar-refractivity contribution >= 4 is 65.4 Å². The Balaban J connectivity index is 1.27. The van der Waals surface area contributed by atoms with Crippen LogP contribution in [0.5, 0.6) is 0 Å². The number of aromatic nitrogens is 3. The van der Waals surface area contributed by atoms with Gasteiger partial charge < -0.3 is 13.7 Å². The van der Waals surface area contributed by atoms with Crippen LogP contribution in [0.3, 0.4) is 0 Å². The number of hydrogen-bond donors (Lipinski definition) is 0. The lowest BCUT2D eigenvalue weighted by Crippen LogP contribution is -1.96. The van der Waals surface area contributed by atoms with Crippen LogP contribution in [0, 0.1) is 0 Å². The van der Waals surface area contributed by atoms with Gasteiger partial charge in [-0.05, 0) is 94.9 Å². The molecule has 12 aromatic rings. The Kier molecular flexibility index (Phi) is 3.81. The predicted molar refractivity (Wildman–Crippen MR) is 240 cm³/mol. The molecule has 0 aliphatic carbocycles. The maximum atomic E-state index is 10.2. The summed E-state index contributed by atoms with van der Waals surface area (Å²) in [6, 6.07) is 9.54. The van der Waals surface area contributed by atoms with Crippen molar-refractivity contribution in [2.75, 3.05) is 0 Å². The van der Waals surface area contributed by atoms with Crippen LogP contribution in [0.25, 0.3) is 105 Å². The van der Waals surface area contributed by atoms with Crippen molar-refractivity contribution in [2.24, 2.45) is 0 Å². The van der Waals surface area contributed by atoms with Gasteiger partial charge in [0.1, 0.15) is 0 Å². The summed E-state index contributed by atoms with van der Waals surface area (Å²) in [6.07, 6.45) is 0. The molecule has 0 radical (unpaired) electrons. The van der Waals surface area contributed by atoms with Crippen LogP contribution in [-0.2, 0) is 0 Å². The minimum atomic E-state index is -0.861. The van der Waals surface area contributed by atoms with Crippen molar-refractivity contribution in [3.8, 4) is 39.3 Å². The van der Waals surface area contributed by atoms with E-state index in [9.17, 15) is 17.8 Å². The standard InChI is InChI=1S/C54H35N3/c1-3-14-36(15-4-1)37-26-29-40(30-27-37)55-50-24-12-9-20-46(50)54-42(21-13-25-52(54)55)38-28-33-51-47(34-38)44-19-8-11-23-49(44)57(51)41-31-32-45-43-18-7-10-22-48(43)56(53(45)35-41)39-16-5-2-6-17-39/h1-35H/i7D,8D,9D,10D,11D,12D,13D,18D,19D,20D,21D,22D,23D,24D,25D,28D,31D,32D,33D,34D,35D. The van der Waals surface area contributed by atoms with Crippen LogP contribution in [0.4, 0.5) is 0 Å². The average Bonchev–Trinajstić information content (AvgIpc) is 3.30. The Morgan fingerprint density at radius 1 is 0.298 bits per heavy atom. The Bertz CT molecular complexity index is 4720. The molecule has 0 aliphatic heterocycles. The second-order valence-electron chi connectivity index (χ2n) is 13.3. The minimum Gasteiger partial charge on any atom is -0.309 e. The fourth-order valence-electron chi connectivity index (χ4n) is 7.76. The van der Waals surface area contributed by atoms with E-state index < -0.39 is 166 Å². The lowest BCUT2D eigenvalue weighted by Gasteiger charge is -2.12. The van der Waals surface area contributed by atoms with Gasteiger partial charge in [-0.25, -0.2) is 0 Å². The Labute approximate surface area is 359 Å². The maximum absolute atomic E-state index is 10.2. The smallest absolute Gasteiger partial charge is 0.0667 e. The van der Waals surface area contributed by atoms with Gasteiger partial charge in [-0.1, -0.05) is 139 Å². The van der Waals surface area contributed by atoms with E-state index in [0.717, 1.165) is 15.7 Å². The predicted octanol–water partition coefficient (Wildman–Crippen LogP) is 14.3. The molecule has 57 heavy (non-hydrogen) atoms. The molecule has 0 atom stereocenters. The van der Waals surface area contributed by atoms with E-state index in [-0.39, 0.29) is 55.0 Å². The zero-order valence-electron chi connectivity index (χ0n) is 50.4. The number of nitrogens with zero attached hydrogens (tertiary/aromatic N) is 3. The summed E-state index contributed by atoms with van der Waals surface area (Å²) in [5.74, 6) is 0. The summed E-state index contributed by atoms with van der Waals surface area (Å²) in [5.41, 5.74) is -1.22. The van der Waals surface area contributed by atoms with Crippen LogP contribution < -0.4 is 0 Å². The van der Waals surface area contributed by atoms with E-state index in [1.807, 2.05) is 30.3 Å². The van der Waals surface area contributed by atoms with Gasteiger partial charge in [-0.2, -0.15) is 0 Å². The monoisotopic (exact) mass is 746 g/mol. The number of fused-ring (bicyclic) bond motifs is 9. The van der Waals surface area contributed by atoms with Crippen molar-refractivity contribution in [1.29, 1.82) is 0 Å². The van der Waals surface area contributed by atoms with E-state index in [1.54, 1.807) is 54.6 Å². The third kappa shape index (κ3) is 4.79. The van der Waals surface area contributed by atoms with E-state index in [0.29, 0.717) is 0 Å². The van der Waals surface area contributed by atoms with Gasteiger partial charge in [0.25, 0.3) is 0 Å². The highest BCUT2D eigenvalue weighted by Gasteiger charge is 2.19. The SMILES string of the molecule is [2H]c1c([2H])c([2H])c2c(c1[2H])c1c([2H])c([2H])c(-n3c4c([2H])c([2H])c([2H])c([2H])c4c4c([2H])c(-c5c([2H])c([2H])c([2H])c6c5c5c([2H])c([2H])c([2H])c([2H])c5n6-c5ccc(-c6ccccc6)cc5)c([2H])c([2H])c43)c([2H])c1n2-c1ccccc1. The first-order valence-corrected chi connectivity index (χ1v) is 17.9. The largest absolute Gasteiger partial charge is 0.309 e. The Morgan fingerprint density at radius 3 is 1.56 bits per heavy atom. The quantitative estimate of drug-likeness (QED) is 0.167. The Hall–Kier alpha value is -7.62.